The number of halogens is 1. The number of aliphatic hydroxyl groups excluding tert-OH is 1. The van der Waals surface area contributed by atoms with E-state index in [2.05, 4.69) is 58.6 Å². The lowest BCUT2D eigenvalue weighted by atomic mass is 10.1. The van der Waals surface area contributed by atoms with Gasteiger partial charge in [-0.15, -0.1) is 0 Å². The van der Waals surface area contributed by atoms with Crippen molar-refractivity contribution in [1.82, 2.24) is 0 Å². The van der Waals surface area contributed by atoms with Gasteiger partial charge in [0.15, 0.2) is 0 Å². The average Bonchev–Trinajstić information content (AvgIpc) is 2.26. The fraction of sp³-hybridized carbons (Fsp3) is 0.571. The van der Waals surface area contributed by atoms with Crippen molar-refractivity contribution in [3.05, 3.63) is 28.2 Å². The van der Waals surface area contributed by atoms with Gasteiger partial charge in [-0.25, -0.2) is 0 Å². The van der Waals surface area contributed by atoms with Gasteiger partial charge in [-0.2, -0.15) is 11.8 Å². The molecule has 1 aromatic carbocycles. The highest BCUT2D eigenvalue weighted by Crippen LogP contribution is 2.32. The second-order valence-corrected chi connectivity index (χ2v) is 7.78. The van der Waals surface area contributed by atoms with Gasteiger partial charge < -0.3 is 10.0 Å². The summed E-state index contributed by atoms with van der Waals surface area (Å²) in [5.41, 5.74) is 2.19. The summed E-state index contributed by atoms with van der Waals surface area (Å²) >= 11 is 5.61. The monoisotopic (exact) mass is 329 g/mol. The quantitative estimate of drug-likeness (QED) is 0.891. The highest BCUT2D eigenvalue weighted by atomic mass is 79.9. The molecule has 2 rings (SSSR count). The molecule has 1 saturated heterocycles. The number of rotatable bonds is 2. The number of benzene rings is 1. The lowest BCUT2D eigenvalue weighted by Crippen LogP contribution is -2.40. The van der Waals surface area contributed by atoms with Crippen molar-refractivity contribution in [3.63, 3.8) is 0 Å². The molecule has 18 heavy (non-hydrogen) atoms. The van der Waals surface area contributed by atoms with Crippen molar-refractivity contribution < 1.29 is 5.11 Å². The molecule has 0 bridgehead atoms. The molecule has 0 amide bonds. The number of aliphatic hydroxyl groups is 1. The second kappa shape index (κ2) is 5.85. The maximum atomic E-state index is 9.64. The van der Waals surface area contributed by atoms with E-state index in [1.807, 2.05) is 6.07 Å². The van der Waals surface area contributed by atoms with Gasteiger partial charge in [0.2, 0.25) is 0 Å². The van der Waals surface area contributed by atoms with Crippen molar-refractivity contribution in [3.8, 4) is 0 Å². The summed E-state index contributed by atoms with van der Waals surface area (Å²) in [6.07, 6.45) is -0.428. The van der Waals surface area contributed by atoms with Gasteiger partial charge in [-0.1, -0.05) is 35.8 Å². The molecule has 4 heteroatoms. The van der Waals surface area contributed by atoms with E-state index in [-0.39, 0.29) is 0 Å². The molecule has 1 aliphatic heterocycles. The standard InChI is InChI=1S/C14H20BrNOS/c1-9-7-16(8-10(2)18-9)12-4-5-13(11(3)17)14(15)6-12/h4-6,9-11,17H,7-8H2,1-3H3. The molecular formula is C14H20BrNOS. The van der Waals surface area contributed by atoms with Gasteiger partial charge in [0, 0.05) is 33.7 Å². The summed E-state index contributed by atoms with van der Waals surface area (Å²) in [7, 11) is 0. The Morgan fingerprint density at radius 2 is 1.94 bits per heavy atom. The lowest BCUT2D eigenvalue weighted by Gasteiger charge is -2.36. The summed E-state index contributed by atoms with van der Waals surface area (Å²) in [6, 6.07) is 6.25. The summed E-state index contributed by atoms with van der Waals surface area (Å²) < 4.78 is 0.994. The van der Waals surface area contributed by atoms with Gasteiger partial charge in [-0.05, 0) is 24.6 Å². The molecule has 0 aliphatic carbocycles. The number of thioether (sulfide) groups is 1. The number of nitrogens with zero attached hydrogens (tertiary/aromatic N) is 1. The average molecular weight is 330 g/mol. The summed E-state index contributed by atoms with van der Waals surface area (Å²) in [5.74, 6) is 0. The van der Waals surface area contributed by atoms with E-state index < -0.39 is 6.10 Å². The van der Waals surface area contributed by atoms with Gasteiger partial charge in [0.25, 0.3) is 0 Å². The minimum absolute atomic E-state index is 0.428. The van der Waals surface area contributed by atoms with E-state index >= 15 is 0 Å². The maximum absolute atomic E-state index is 9.64. The molecule has 1 fully saturated rings. The first kappa shape index (κ1) is 14.2. The van der Waals surface area contributed by atoms with E-state index in [0.717, 1.165) is 23.1 Å². The Balaban J connectivity index is 2.21. The molecule has 1 aromatic rings. The van der Waals surface area contributed by atoms with Crippen LogP contribution < -0.4 is 4.90 Å². The number of anilines is 1. The Morgan fingerprint density at radius 3 is 2.44 bits per heavy atom. The molecule has 100 valence electrons. The third-order valence-electron chi connectivity index (χ3n) is 3.22. The lowest BCUT2D eigenvalue weighted by molar-refractivity contribution is 0.198. The van der Waals surface area contributed by atoms with Crippen molar-refractivity contribution in [2.24, 2.45) is 0 Å². The van der Waals surface area contributed by atoms with Gasteiger partial charge in [0.05, 0.1) is 6.10 Å². The summed E-state index contributed by atoms with van der Waals surface area (Å²) in [6.45, 7) is 8.55. The third kappa shape index (κ3) is 3.22. The molecule has 0 spiro atoms. The zero-order valence-electron chi connectivity index (χ0n) is 11.1. The van der Waals surface area contributed by atoms with Crippen LogP contribution in [0.2, 0.25) is 0 Å². The second-order valence-electron chi connectivity index (χ2n) is 5.04. The Hall–Kier alpha value is -0.190. The van der Waals surface area contributed by atoms with Crippen LogP contribution in [-0.4, -0.2) is 28.7 Å². The Kier molecular flexibility index (Phi) is 4.62. The van der Waals surface area contributed by atoms with E-state index in [9.17, 15) is 5.11 Å². The van der Waals surface area contributed by atoms with Crippen LogP contribution in [0.15, 0.2) is 22.7 Å². The van der Waals surface area contributed by atoms with E-state index in [1.54, 1.807) is 6.92 Å². The van der Waals surface area contributed by atoms with Crippen molar-refractivity contribution in [2.45, 2.75) is 37.4 Å². The van der Waals surface area contributed by atoms with Crippen molar-refractivity contribution >= 4 is 33.4 Å². The third-order valence-corrected chi connectivity index (χ3v) is 5.13. The molecule has 1 aliphatic rings. The first-order valence-corrected chi connectivity index (χ1v) is 8.09. The molecular weight excluding hydrogens is 310 g/mol. The van der Waals surface area contributed by atoms with Crippen LogP contribution in [0.5, 0.6) is 0 Å². The van der Waals surface area contributed by atoms with Crippen LogP contribution in [0.25, 0.3) is 0 Å². The van der Waals surface area contributed by atoms with Crippen molar-refractivity contribution in [2.75, 3.05) is 18.0 Å². The largest absolute Gasteiger partial charge is 0.389 e. The van der Waals surface area contributed by atoms with Crippen molar-refractivity contribution in [1.29, 1.82) is 0 Å². The Labute approximate surface area is 122 Å². The zero-order chi connectivity index (χ0) is 13.3. The molecule has 3 unspecified atom stereocenters. The zero-order valence-corrected chi connectivity index (χ0v) is 13.5. The van der Waals surface area contributed by atoms with E-state index in [4.69, 9.17) is 0 Å². The fourth-order valence-corrected chi connectivity index (χ4v) is 4.46. The van der Waals surface area contributed by atoms with Crippen LogP contribution in [0.1, 0.15) is 32.4 Å². The molecule has 3 atom stereocenters. The normalized spacial score (nSPS) is 26.2. The highest BCUT2D eigenvalue weighted by Gasteiger charge is 2.22. The van der Waals surface area contributed by atoms with Gasteiger partial charge in [-0.3, -0.25) is 0 Å². The van der Waals surface area contributed by atoms with Crippen LogP contribution in [0.4, 0.5) is 5.69 Å². The first-order valence-electron chi connectivity index (χ1n) is 6.35. The molecule has 1 N–H and O–H groups in total. The molecule has 0 saturated carbocycles. The van der Waals surface area contributed by atoms with Crippen LogP contribution in [0.3, 0.4) is 0 Å². The summed E-state index contributed by atoms with van der Waals surface area (Å²) in [4.78, 5) is 2.43. The van der Waals surface area contributed by atoms with Crippen LogP contribution >= 0.6 is 27.7 Å². The molecule has 1 heterocycles. The maximum Gasteiger partial charge on any atom is 0.0772 e. The smallest absolute Gasteiger partial charge is 0.0772 e. The van der Waals surface area contributed by atoms with Gasteiger partial charge in [0.1, 0.15) is 0 Å². The summed E-state index contributed by atoms with van der Waals surface area (Å²) in [5, 5.41) is 11.0. The first-order chi connectivity index (χ1) is 8.47. The fourth-order valence-electron chi connectivity index (χ4n) is 2.44. The molecule has 0 aromatic heterocycles. The van der Waals surface area contributed by atoms with Crippen LogP contribution in [0, 0.1) is 0 Å². The predicted octanol–water partition coefficient (Wildman–Crippen LogP) is 3.83. The number of hydrogen-bond acceptors (Lipinski definition) is 3. The predicted molar refractivity (Wildman–Crippen MR) is 83.5 cm³/mol. The van der Waals surface area contributed by atoms with Gasteiger partial charge >= 0.3 is 0 Å². The topological polar surface area (TPSA) is 23.5 Å². The molecule has 0 radical (unpaired) electrons. The van der Waals surface area contributed by atoms with Crippen LogP contribution in [-0.2, 0) is 0 Å². The highest BCUT2D eigenvalue weighted by molar-refractivity contribution is 9.10. The Morgan fingerprint density at radius 1 is 1.33 bits per heavy atom. The SMILES string of the molecule is CC1CN(c2ccc(C(C)O)c(Br)c2)CC(C)S1. The minimum Gasteiger partial charge on any atom is -0.389 e. The van der Waals surface area contributed by atoms with E-state index in [0.29, 0.717) is 10.5 Å². The molecule has 2 nitrogen and oxygen atoms in total. The minimum atomic E-state index is -0.428. The Bertz CT molecular complexity index is 414. The van der Waals surface area contributed by atoms with E-state index in [1.165, 1.54) is 5.69 Å². The number of hydrogen-bond donors (Lipinski definition) is 1.